The quantitative estimate of drug-likeness (QED) is 0.269. The molecule has 0 fully saturated rings. The molecule has 1 aromatic rings. The highest BCUT2D eigenvalue weighted by Crippen LogP contribution is 2.14. The van der Waals surface area contributed by atoms with Crippen LogP contribution in [-0.4, -0.2) is 34.6 Å². The molecule has 0 spiro atoms. The molecule has 0 saturated carbocycles. The third-order valence-electron chi connectivity index (χ3n) is 3.15. The Bertz CT molecular complexity index is 664. The fourth-order valence-electron chi connectivity index (χ4n) is 1.94. The minimum atomic E-state index is -0.517. The molecule has 1 heterocycles. The van der Waals surface area contributed by atoms with Crippen molar-refractivity contribution >= 4 is 17.4 Å². The number of carbonyl (C=O) groups is 2. The van der Waals surface area contributed by atoms with Crippen LogP contribution in [0.4, 0.5) is 5.69 Å². The highest BCUT2D eigenvalue weighted by molar-refractivity contribution is 5.98. The van der Waals surface area contributed by atoms with E-state index in [-0.39, 0.29) is 18.0 Å². The molecule has 3 N–H and O–H groups in total. The SMILES string of the molecule is NNC(=O)C1=CCN(CC(=O)c2ccc([N+](=O)[O-])cc2)C=C1. The lowest BCUT2D eigenvalue weighted by Crippen LogP contribution is -2.33. The largest absolute Gasteiger partial charge is 0.366 e. The molecule has 0 aliphatic carbocycles. The number of nitrogens with one attached hydrogen (secondary N) is 1. The first-order valence-electron chi connectivity index (χ1n) is 6.42. The monoisotopic (exact) mass is 302 g/mol. The highest BCUT2D eigenvalue weighted by atomic mass is 16.6. The number of rotatable bonds is 5. The summed E-state index contributed by atoms with van der Waals surface area (Å²) in [5, 5.41) is 10.6. The second kappa shape index (κ2) is 6.64. The van der Waals surface area contributed by atoms with Crippen molar-refractivity contribution in [3.8, 4) is 0 Å². The Hall–Kier alpha value is -3.00. The molecule has 0 atom stereocenters. The zero-order valence-corrected chi connectivity index (χ0v) is 11.6. The number of nitro benzene ring substituents is 1. The van der Waals surface area contributed by atoms with E-state index in [4.69, 9.17) is 5.84 Å². The lowest BCUT2D eigenvalue weighted by atomic mass is 10.1. The summed E-state index contributed by atoms with van der Waals surface area (Å²) in [6.07, 6.45) is 4.86. The van der Waals surface area contributed by atoms with E-state index >= 15 is 0 Å². The van der Waals surface area contributed by atoms with Gasteiger partial charge < -0.3 is 4.90 Å². The van der Waals surface area contributed by atoms with Crippen LogP contribution in [0.3, 0.4) is 0 Å². The first-order valence-corrected chi connectivity index (χ1v) is 6.42. The molecular weight excluding hydrogens is 288 g/mol. The molecule has 0 saturated heterocycles. The summed E-state index contributed by atoms with van der Waals surface area (Å²) < 4.78 is 0. The maximum atomic E-state index is 12.1. The van der Waals surface area contributed by atoms with Crippen LogP contribution < -0.4 is 11.3 Å². The maximum Gasteiger partial charge on any atom is 0.269 e. The van der Waals surface area contributed by atoms with Gasteiger partial charge in [-0.2, -0.15) is 0 Å². The third kappa shape index (κ3) is 3.55. The predicted octanol–water partition coefficient (Wildman–Crippen LogP) is 0.523. The molecule has 0 bridgehead atoms. The van der Waals surface area contributed by atoms with Crippen molar-refractivity contribution < 1.29 is 14.5 Å². The molecule has 1 aromatic carbocycles. The summed E-state index contributed by atoms with van der Waals surface area (Å²) >= 11 is 0. The van der Waals surface area contributed by atoms with Gasteiger partial charge in [0, 0.05) is 36.0 Å². The molecule has 2 rings (SSSR count). The van der Waals surface area contributed by atoms with Crippen LogP contribution in [0.25, 0.3) is 0 Å². The number of nitrogens with two attached hydrogens (primary N) is 1. The van der Waals surface area contributed by atoms with Crippen LogP contribution in [0.1, 0.15) is 10.4 Å². The second-order valence-corrected chi connectivity index (χ2v) is 4.61. The van der Waals surface area contributed by atoms with Crippen LogP contribution in [0.5, 0.6) is 0 Å². The molecule has 0 unspecified atom stereocenters. The zero-order chi connectivity index (χ0) is 16.1. The number of Topliss-reactive ketones (excluding diaryl/α,β-unsaturated/α-hetero) is 1. The van der Waals surface area contributed by atoms with E-state index < -0.39 is 10.8 Å². The number of ketones is 1. The van der Waals surface area contributed by atoms with E-state index in [2.05, 4.69) is 0 Å². The minimum Gasteiger partial charge on any atom is -0.366 e. The van der Waals surface area contributed by atoms with Gasteiger partial charge >= 0.3 is 0 Å². The van der Waals surface area contributed by atoms with Crippen LogP contribution in [-0.2, 0) is 4.79 Å². The van der Waals surface area contributed by atoms with E-state index in [1.165, 1.54) is 24.3 Å². The van der Waals surface area contributed by atoms with Crippen LogP contribution in [0, 0.1) is 10.1 Å². The summed E-state index contributed by atoms with van der Waals surface area (Å²) in [6, 6.07) is 5.44. The number of nitro groups is 1. The Labute approximate surface area is 126 Å². The summed E-state index contributed by atoms with van der Waals surface area (Å²) in [5.74, 6) is 4.48. The molecule has 0 radical (unpaired) electrons. The Kier molecular flexibility index (Phi) is 4.64. The Morgan fingerprint density at radius 3 is 2.50 bits per heavy atom. The predicted molar refractivity (Wildman–Crippen MR) is 78.6 cm³/mol. The van der Waals surface area contributed by atoms with Crippen LogP contribution >= 0.6 is 0 Å². The van der Waals surface area contributed by atoms with Crippen molar-refractivity contribution in [2.75, 3.05) is 13.1 Å². The Balaban J connectivity index is 1.96. The van der Waals surface area contributed by atoms with Gasteiger partial charge in [-0.3, -0.25) is 25.1 Å². The molecule has 1 aliphatic heterocycles. The van der Waals surface area contributed by atoms with E-state index in [9.17, 15) is 19.7 Å². The molecule has 8 heteroatoms. The van der Waals surface area contributed by atoms with E-state index in [1.54, 1.807) is 23.3 Å². The molecule has 8 nitrogen and oxygen atoms in total. The molecule has 1 amide bonds. The number of amides is 1. The molecule has 0 aromatic heterocycles. The van der Waals surface area contributed by atoms with Gasteiger partial charge in [0.25, 0.3) is 11.6 Å². The normalized spacial score (nSPS) is 13.5. The first kappa shape index (κ1) is 15.4. The summed E-state index contributed by atoms with van der Waals surface area (Å²) in [6.45, 7) is 0.514. The van der Waals surface area contributed by atoms with Gasteiger partial charge in [0.05, 0.1) is 11.5 Å². The fraction of sp³-hybridized carbons (Fsp3) is 0.143. The fourth-order valence-corrected chi connectivity index (χ4v) is 1.94. The molecule has 22 heavy (non-hydrogen) atoms. The number of carbonyl (C=O) groups excluding carboxylic acids is 2. The van der Waals surface area contributed by atoms with Gasteiger partial charge in [0.1, 0.15) is 0 Å². The van der Waals surface area contributed by atoms with Crippen molar-refractivity contribution in [2.24, 2.45) is 5.84 Å². The lowest BCUT2D eigenvalue weighted by Gasteiger charge is -2.21. The van der Waals surface area contributed by atoms with Gasteiger partial charge in [-0.25, -0.2) is 5.84 Å². The van der Waals surface area contributed by atoms with Crippen molar-refractivity contribution in [3.05, 3.63) is 63.9 Å². The molecule has 1 aliphatic rings. The number of hydrogen-bond acceptors (Lipinski definition) is 6. The van der Waals surface area contributed by atoms with E-state index in [0.29, 0.717) is 17.7 Å². The van der Waals surface area contributed by atoms with Gasteiger partial charge in [0.15, 0.2) is 5.78 Å². The zero-order valence-electron chi connectivity index (χ0n) is 11.6. The highest BCUT2D eigenvalue weighted by Gasteiger charge is 2.15. The number of hydrazine groups is 1. The number of non-ortho nitro benzene ring substituents is 1. The first-order chi connectivity index (χ1) is 10.5. The van der Waals surface area contributed by atoms with E-state index in [1.807, 2.05) is 5.43 Å². The Morgan fingerprint density at radius 1 is 1.32 bits per heavy atom. The van der Waals surface area contributed by atoms with Crippen LogP contribution in [0.2, 0.25) is 0 Å². The number of benzene rings is 1. The topological polar surface area (TPSA) is 119 Å². The summed E-state index contributed by atoms with van der Waals surface area (Å²) in [7, 11) is 0. The van der Waals surface area contributed by atoms with Crippen molar-refractivity contribution in [3.63, 3.8) is 0 Å². The average Bonchev–Trinajstić information content (AvgIpc) is 2.54. The van der Waals surface area contributed by atoms with Crippen LogP contribution in [0.15, 0.2) is 48.2 Å². The van der Waals surface area contributed by atoms with Crippen molar-refractivity contribution in [1.29, 1.82) is 0 Å². The second-order valence-electron chi connectivity index (χ2n) is 4.61. The van der Waals surface area contributed by atoms with E-state index in [0.717, 1.165) is 0 Å². The maximum absolute atomic E-state index is 12.1. The van der Waals surface area contributed by atoms with Gasteiger partial charge in [0.2, 0.25) is 0 Å². The number of nitrogens with zero attached hydrogens (tertiary/aromatic N) is 2. The van der Waals surface area contributed by atoms with Gasteiger partial charge in [-0.05, 0) is 18.2 Å². The third-order valence-corrected chi connectivity index (χ3v) is 3.15. The van der Waals surface area contributed by atoms with Gasteiger partial charge in [-0.1, -0.05) is 6.08 Å². The summed E-state index contributed by atoms with van der Waals surface area (Å²) in [5.41, 5.74) is 2.80. The minimum absolute atomic E-state index is 0.0604. The molecular formula is C14H14N4O4. The summed E-state index contributed by atoms with van der Waals surface area (Å²) in [4.78, 5) is 35.2. The Morgan fingerprint density at radius 2 is 2.00 bits per heavy atom. The smallest absolute Gasteiger partial charge is 0.269 e. The van der Waals surface area contributed by atoms with Gasteiger partial charge in [-0.15, -0.1) is 0 Å². The molecule has 114 valence electrons. The van der Waals surface area contributed by atoms with Crippen molar-refractivity contribution in [2.45, 2.75) is 0 Å². The number of hydrogen-bond donors (Lipinski definition) is 2. The lowest BCUT2D eigenvalue weighted by molar-refractivity contribution is -0.384. The van der Waals surface area contributed by atoms with Crippen molar-refractivity contribution in [1.82, 2.24) is 10.3 Å². The average molecular weight is 302 g/mol. The standard InChI is InChI=1S/C14H14N4O4/c15-16-14(20)11-5-7-17(8-6-11)9-13(19)10-1-3-12(4-2-10)18(21)22/h1-7H,8-9,15H2,(H,16,20).